The first-order chi connectivity index (χ1) is 12.9. The maximum Gasteiger partial charge on any atom is 0.239 e. The molecule has 0 aliphatic carbocycles. The zero-order valence-electron chi connectivity index (χ0n) is 15.7. The molecule has 0 unspecified atom stereocenters. The van der Waals surface area contributed by atoms with Gasteiger partial charge in [0.2, 0.25) is 5.91 Å². The second-order valence-corrected chi connectivity index (χ2v) is 6.43. The van der Waals surface area contributed by atoms with E-state index in [0.717, 1.165) is 17.8 Å². The molecular formula is C19H23FN6O. The second-order valence-electron chi connectivity index (χ2n) is 6.43. The second kappa shape index (κ2) is 8.13. The van der Waals surface area contributed by atoms with Crippen molar-refractivity contribution in [3.63, 3.8) is 0 Å². The van der Waals surface area contributed by atoms with Crippen LogP contribution in [0.25, 0.3) is 5.69 Å². The largest absolute Gasteiger partial charge is 0.309 e. The summed E-state index contributed by atoms with van der Waals surface area (Å²) in [7, 11) is 1.87. The Morgan fingerprint density at radius 1 is 1.30 bits per heavy atom. The molecule has 0 spiro atoms. The van der Waals surface area contributed by atoms with Crippen molar-refractivity contribution in [1.29, 1.82) is 0 Å². The average molecular weight is 370 g/mol. The van der Waals surface area contributed by atoms with Crippen molar-refractivity contribution >= 4 is 11.7 Å². The predicted molar refractivity (Wildman–Crippen MR) is 101 cm³/mol. The fourth-order valence-electron chi connectivity index (χ4n) is 2.84. The molecule has 142 valence electrons. The Hall–Kier alpha value is -3.00. The van der Waals surface area contributed by atoms with Gasteiger partial charge in [0.25, 0.3) is 0 Å². The number of benzene rings is 1. The van der Waals surface area contributed by atoms with E-state index in [1.165, 1.54) is 12.1 Å². The summed E-state index contributed by atoms with van der Waals surface area (Å²) in [5, 5.41) is 11.4. The Labute approximate surface area is 157 Å². The van der Waals surface area contributed by atoms with Gasteiger partial charge in [0, 0.05) is 31.4 Å². The summed E-state index contributed by atoms with van der Waals surface area (Å²) in [6, 6.07) is 7.77. The third kappa shape index (κ3) is 4.79. The van der Waals surface area contributed by atoms with Crippen LogP contribution >= 0.6 is 0 Å². The average Bonchev–Trinajstić information content (AvgIpc) is 3.20. The van der Waals surface area contributed by atoms with Crippen LogP contribution in [0.1, 0.15) is 18.2 Å². The lowest BCUT2D eigenvalue weighted by Gasteiger charge is -2.19. The summed E-state index contributed by atoms with van der Waals surface area (Å²) in [5.74, 6) is 0.104. The number of aryl methyl sites for hydroxylation is 2. The van der Waals surface area contributed by atoms with Gasteiger partial charge in [-0.2, -0.15) is 10.2 Å². The number of anilines is 1. The molecule has 8 heteroatoms. The van der Waals surface area contributed by atoms with Gasteiger partial charge in [0.1, 0.15) is 11.6 Å². The van der Waals surface area contributed by atoms with Gasteiger partial charge in [-0.25, -0.2) is 9.07 Å². The van der Waals surface area contributed by atoms with Crippen LogP contribution in [0.5, 0.6) is 0 Å². The van der Waals surface area contributed by atoms with E-state index in [2.05, 4.69) is 15.5 Å². The minimum Gasteiger partial charge on any atom is -0.309 e. The number of rotatable bonds is 7. The van der Waals surface area contributed by atoms with Crippen LogP contribution < -0.4 is 5.32 Å². The van der Waals surface area contributed by atoms with Crippen LogP contribution in [0.2, 0.25) is 0 Å². The molecule has 0 fully saturated rings. The first-order valence-corrected chi connectivity index (χ1v) is 8.77. The highest BCUT2D eigenvalue weighted by Gasteiger charge is 2.14. The fourth-order valence-corrected chi connectivity index (χ4v) is 2.84. The third-order valence-electron chi connectivity index (χ3n) is 4.15. The third-order valence-corrected chi connectivity index (χ3v) is 4.15. The molecule has 1 N–H and O–H groups in total. The molecule has 7 nitrogen and oxygen atoms in total. The number of likely N-dealkylation sites (N-methyl/N-ethyl adjacent to an activating group) is 1. The molecule has 2 aromatic heterocycles. The van der Waals surface area contributed by atoms with E-state index in [-0.39, 0.29) is 18.3 Å². The van der Waals surface area contributed by atoms with E-state index < -0.39 is 0 Å². The van der Waals surface area contributed by atoms with E-state index in [9.17, 15) is 9.18 Å². The molecule has 0 bridgehead atoms. The number of nitrogens with one attached hydrogen (secondary N) is 1. The number of halogens is 1. The topological polar surface area (TPSA) is 68.0 Å². The van der Waals surface area contributed by atoms with Crippen LogP contribution in [-0.2, 0) is 18.4 Å². The molecule has 0 atom stereocenters. The van der Waals surface area contributed by atoms with E-state index in [1.54, 1.807) is 33.8 Å². The summed E-state index contributed by atoms with van der Waals surface area (Å²) in [6.07, 6.45) is 3.74. The van der Waals surface area contributed by atoms with Crippen molar-refractivity contribution in [3.8, 4) is 5.69 Å². The molecular weight excluding hydrogens is 347 g/mol. The number of hydrogen-bond acceptors (Lipinski definition) is 4. The van der Waals surface area contributed by atoms with Crippen molar-refractivity contribution in [2.24, 2.45) is 7.05 Å². The number of carbonyl (C=O) groups excluding carboxylic acids is 1. The number of nitrogens with zero attached hydrogens (tertiary/aromatic N) is 5. The maximum absolute atomic E-state index is 13.2. The molecule has 1 aromatic carbocycles. The zero-order valence-corrected chi connectivity index (χ0v) is 15.7. The van der Waals surface area contributed by atoms with Crippen LogP contribution in [0, 0.1) is 12.7 Å². The lowest BCUT2D eigenvalue weighted by Crippen LogP contribution is -2.33. The molecule has 0 aliphatic heterocycles. The monoisotopic (exact) mass is 370 g/mol. The molecule has 0 saturated heterocycles. The number of carbonyl (C=O) groups is 1. The van der Waals surface area contributed by atoms with E-state index in [1.807, 2.05) is 32.0 Å². The Morgan fingerprint density at radius 3 is 2.67 bits per heavy atom. The Balaban J connectivity index is 1.69. The fraction of sp³-hybridized carbons (Fsp3) is 0.316. The molecule has 0 aliphatic rings. The predicted octanol–water partition coefficient (Wildman–Crippen LogP) is 2.51. The summed E-state index contributed by atoms with van der Waals surface area (Å²) >= 11 is 0. The SMILES string of the molecule is CCN(CC(=O)Nc1cc(C)nn1-c1ccc(F)cc1)Cc1cnn(C)c1. The first-order valence-electron chi connectivity index (χ1n) is 8.77. The van der Waals surface area contributed by atoms with Gasteiger partial charge in [0.15, 0.2) is 0 Å². The van der Waals surface area contributed by atoms with Gasteiger partial charge in [0.05, 0.1) is 24.1 Å². The quantitative estimate of drug-likeness (QED) is 0.694. The minimum absolute atomic E-state index is 0.135. The van der Waals surface area contributed by atoms with Crippen molar-refractivity contribution < 1.29 is 9.18 Å². The first kappa shape index (κ1) is 18.8. The Bertz CT molecular complexity index is 915. The summed E-state index contributed by atoms with van der Waals surface area (Å²) in [5.41, 5.74) is 2.50. The van der Waals surface area contributed by atoms with Gasteiger partial charge in [-0.3, -0.25) is 14.4 Å². The maximum atomic E-state index is 13.2. The highest BCUT2D eigenvalue weighted by Crippen LogP contribution is 2.17. The molecule has 0 radical (unpaired) electrons. The normalized spacial score (nSPS) is 11.1. The zero-order chi connectivity index (χ0) is 19.4. The lowest BCUT2D eigenvalue weighted by atomic mass is 10.3. The number of aromatic nitrogens is 4. The molecule has 27 heavy (non-hydrogen) atoms. The van der Waals surface area contributed by atoms with Gasteiger partial charge in [-0.1, -0.05) is 6.92 Å². The van der Waals surface area contributed by atoms with Crippen molar-refractivity contribution in [2.75, 3.05) is 18.4 Å². The number of amides is 1. The Kier molecular flexibility index (Phi) is 5.66. The highest BCUT2D eigenvalue weighted by molar-refractivity contribution is 5.91. The number of hydrogen-bond donors (Lipinski definition) is 1. The smallest absolute Gasteiger partial charge is 0.239 e. The molecule has 3 rings (SSSR count). The summed E-state index contributed by atoms with van der Waals surface area (Å²) in [4.78, 5) is 14.6. The van der Waals surface area contributed by atoms with Crippen LogP contribution in [-0.4, -0.2) is 43.5 Å². The van der Waals surface area contributed by atoms with E-state index in [4.69, 9.17) is 0 Å². The van der Waals surface area contributed by atoms with Crippen molar-refractivity contribution in [2.45, 2.75) is 20.4 Å². The van der Waals surface area contributed by atoms with Crippen molar-refractivity contribution in [3.05, 3.63) is 59.8 Å². The van der Waals surface area contributed by atoms with E-state index in [0.29, 0.717) is 18.1 Å². The summed E-state index contributed by atoms with van der Waals surface area (Å²) < 4.78 is 16.5. The molecule has 3 aromatic rings. The van der Waals surface area contributed by atoms with E-state index >= 15 is 0 Å². The highest BCUT2D eigenvalue weighted by atomic mass is 19.1. The summed E-state index contributed by atoms with van der Waals surface area (Å²) in [6.45, 7) is 5.48. The standard InChI is InChI=1S/C19H23FN6O/c1-4-25(12-15-10-21-24(3)11-15)13-19(27)22-18-9-14(2)23-26(18)17-7-5-16(20)6-8-17/h5-11H,4,12-13H2,1-3H3,(H,22,27). The van der Waals surface area contributed by atoms with Gasteiger partial charge < -0.3 is 5.32 Å². The van der Waals surface area contributed by atoms with Crippen molar-refractivity contribution in [1.82, 2.24) is 24.5 Å². The minimum atomic E-state index is -0.317. The lowest BCUT2D eigenvalue weighted by molar-refractivity contribution is -0.117. The van der Waals surface area contributed by atoms with Gasteiger partial charge in [-0.05, 0) is 37.7 Å². The van der Waals surface area contributed by atoms with Crippen LogP contribution in [0.15, 0.2) is 42.7 Å². The van der Waals surface area contributed by atoms with Crippen LogP contribution in [0.4, 0.5) is 10.2 Å². The Morgan fingerprint density at radius 2 is 2.04 bits per heavy atom. The van der Waals surface area contributed by atoms with Gasteiger partial charge >= 0.3 is 0 Å². The molecule has 0 saturated carbocycles. The molecule has 2 heterocycles. The molecule has 1 amide bonds. The van der Waals surface area contributed by atoms with Crippen LogP contribution in [0.3, 0.4) is 0 Å². The van der Waals surface area contributed by atoms with Gasteiger partial charge in [-0.15, -0.1) is 0 Å².